The minimum absolute atomic E-state index is 0.152. The number of carbonyl (C=O) groups is 1. The van der Waals surface area contributed by atoms with Crippen molar-refractivity contribution in [2.75, 3.05) is 11.9 Å². The zero-order valence-electron chi connectivity index (χ0n) is 15.5. The van der Waals surface area contributed by atoms with E-state index in [4.69, 9.17) is 4.74 Å². The minimum Gasteiger partial charge on any atom is -0.463 e. The second-order valence-corrected chi connectivity index (χ2v) is 6.97. The first-order valence-electron chi connectivity index (χ1n) is 8.95. The van der Waals surface area contributed by atoms with E-state index in [2.05, 4.69) is 15.4 Å². The summed E-state index contributed by atoms with van der Waals surface area (Å²) in [4.78, 5) is 17.3. The van der Waals surface area contributed by atoms with Crippen molar-refractivity contribution >= 4 is 22.9 Å². The number of hydrogen-bond donors (Lipinski definition) is 1. The fourth-order valence-electron chi connectivity index (χ4n) is 2.80. The summed E-state index contributed by atoms with van der Waals surface area (Å²) in [6.07, 6.45) is 0. The van der Waals surface area contributed by atoms with Crippen LogP contribution in [0.2, 0.25) is 0 Å². The highest BCUT2D eigenvalue weighted by molar-refractivity contribution is 7.12. The maximum Gasteiger partial charge on any atom is 0.336 e. The van der Waals surface area contributed by atoms with Gasteiger partial charge in [0.1, 0.15) is 5.82 Å². The number of nitrogens with one attached hydrogen (secondary N) is 1. The van der Waals surface area contributed by atoms with Crippen molar-refractivity contribution in [2.45, 2.75) is 6.92 Å². The summed E-state index contributed by atoms with van der Waals surface area (Å²) >= 11 is 1.36. The molecule has 1 amide bonds. The first-order chi connectivity index (χ1) is 14.2. The summed E-state index contributed by atoms with van der Waals surface area (Å²) in [5.74, 6) is -0.292. The summed E-state index contributed by atoms with van der Waals surface area (Å²) < 4.78 is 21.3. The second-order valence-electron chi connectivity index (χ2n) is 6.02. The lowest BCUT2D eigenvalue weighted by Gasteiger charge is -2.09. The van der Waals surface area contributed by atoms with E-state index in [-0.39, 0.29) is 11.9 Å². The van der Waals surface area contributed by atoms with Gasteiger partial charge in [-0.05, 0) is 48.7 Å². The number of rotatable bonds is 6. The molecule has 8 heteroatoms. The standard InChI is InChI=1S/C21H17FN4O2S/c1-2-28-21-24-19(16-9-3-4-10-17(16)22)26(25-21)15-8-5-7-14(13-15)23-20(27)18-11-6-12-29-18/h3-13H,2H2,1H3,(H,23,27). The van der Waals surface area contributed by atoms with Gasteiger partial charge in [0.2, 0.25) is 0 Å². The molecule has 0 aliphatic heterocycles. The van der Waals surface area contributed by atoms with Gasteiger partial charge >= 0.3 is 6.01 Å². The zero-order valence-corrected chi connectivity index (χ0v) is 16.3. The fourth-order valence-corrected chi connectivity index (χ4v) is 3.42. The van der Waals surface area contributed by atoms with Crippen LogP contribution in [0.25, 0.3) is 17.1 Å². The SMILES string of the molecule is CCOc1nc(-c2ccccc2F)n(-c2cccc(NC(=O)c3cccs3)c2)n1. The van der Waals surface area contributed by atoms with Gasteiger partial charge in [0.25, 0.3) is 5.91 Å². The maximum absolute atomic E-state index is 14.4. The highest BCUT2D eigenvalue weighted by Crippen LogP contribution is 2.27. The van der Waals surface area contributed by atoms with Gasteiger partial charge in [-0.25, -0.2) is 9.07 Å². The summed E-state index contributed by atoms with van der Waals surface area (Å²) in [7, 11) is 0. The van der Waals surface area contributed by atoms with E-state index in [0.29, 0.717) is 34.2 Å². The van der Waals surface area contributed by atoms with Gasteiger partial charge < -0.3 is 10.1 Å². The highest BCUT2D eigenvalue weighted by atomic mass is 32.1. The van der Waals surface area contributed by atoms with Crippen LogP contribution in [0.15, 0.2) is 66.0 Å². The van der Waals surface area contributed by atoms with Crippen LogP contribution in [0.1, 0.15) is 16.6 Å². The lowest BCUT2D eigenvalue weighted by molar-refractivity contribution is 0.103. The van der Waals surface area contributed by atoms with Gasteiger partial charge in [0.15, 0.2) is 5.82 Å². The number of carbonyl (C=O) groups excluding carboxylic acids is 1. The molecular weight excluding hydrogens is 391 g/mol. The molecule has 2 heterocycles. The Balaban J connectivity index is 1.73. The van der Waals surface area contributed by atoms with Gasteiger partial charge in [-0.1, -0.05) is 24.3 Å². The zero-order chi connectivity index (χ0) is 20.2. The number of amides is 1. The van der Waals surface area contributed by atoms with Gasteiger partial charge in [0, 0.05) is 5.69 Å². The molecule has 0 fully saturated rings. The Morgan fingerprint density at radius 1 is 1.17 bits per heavy atom. The van der Waals surface area contributed by atoms with Crippen molar-refractivity contribution < 1.29 is 13.9 Å². The van der Waals surface area contributed by atoms with Crippen molar-refractivity contribution in [3.63, 3.8) is 0 Å². The predicted molar refractivity (Wildman–Crippen MR) is 110 cm³/mol. The number of thiophene rings is 1. The molecule has 4 rings (SSSR count). The molecule has 4 aromatic rings. The van der Waals surface area contributed by atoms with Crippen LogP contribution in [0, 0.1) is 5.82 Å². The molecule has 0 aliphatic rings. The van der Waals surface area contributed by atoms with Gasteiger partial charge in [-0.2, -0.15) is 4.98 Å². The molecule has 0 saturated heterocycles. The van der Waals surface area contributed by atoms with Crippen molar-refractivity contribution in [2.24, 2.45) is 0 Å². The molecular formula is C21H17FN4O2S. The lowest BCUT2D eigenvalue weighted by Crippen LogP contribution is -2.10. The van der Waals surface area contributed by atoms with Crippen molar-refractivity contribution in [3.05, 3.63) is 76.7 Å². The molecule has 2 aromatic carbocycles. The average molecular weight is 408 g/mol. The van der Waals surface area contributed by atoms with Gasteiger partial charge in [0.05, 0.1) is 22.7 Å². The Kier molecular flexibility index (Phi) is 5.35. The molecule has 2 aromatic heterocycles. The second kappa shape index (κ2) is 8.24. The first kappa shape index (κ1) is 18.8. The van der Waals surface area contributed by atoms with E-state index in [1.54, 1.807) is 48.5 Å². The van der Waals surface area contributed by atoms with E-state index in [0.717, 1.165) is 0 Å². The first-order valence-corrected chi connectivity index (χ1v) is 9.83. The Labute approximate surface area is 170 Å². The van der Waals surface area contributed by atoms with Crippen molar-refractivity contribution in [1.82, 2.24) is 14.8 Å². The normalized spacial score (nSPS) is 10.7. The maximum atomic E-state index is 14.4. The number of benzene rings is 2. The number of halogens is 1. The summed E-state index contributed by atoms with van der Waals surface area (Å²) in [6, 6.07) is 17.2. The number of ether oxygens (including phenoxy) is 1. The fraction of sp³-hybridized carbons (Fsp3) is 0.0952. The average Bonchev–Trinajstić information content (AvgIpc) is 3.39. The van der Waals surface area contributed by atoms with Gasteiger partial charge in [-0.3, -0.25) is 4.79 Å². The number of nitrogens with zero attached hydrogens (tertiary/aromatic N) is 3. The molecule has 1 N–H and O–H groups in total. The lowest BCUT2D eigenvalue weighted by atomic mass is 10.2. The third kappa shape index (κ3) is 4.02. The quantitative estimate of drug-likeness (QED) is 0.498. The molecule has 0 unspecified atom stereocenters. The molecule has 29 heavy (non-hydrogen) atoms. The van der Waals surface area contributed by atoms with Crippen LogP contribution in [0.5, 0.6) is 6.01 Å². The van der Waals surface area contributed by atoms with Crippen LogP contribution in [0.4, 0.5) is 10.1 Å². The largest absolute Gasteiger partial charge is 0.463 e. The highest BCUT2D eigenvalue weighted by Gasteiger charge is 2.18. The van der Waals surface area contributed by atoms with Crippen LogP contribution in [-0.4, -0.2) is 27.3 Å². The molecule has 6 nitrogen and oxygen atoms in total. The Hall–Kier alpha value is -3.52. The molecule has 0 atom stereocenters. The molecule has 0 bridgehead atoms. The number of anilines is 1. The summed E-state index contributed by atoms with van der Waals surface area (Å²) in [5, 5.41) is 9.07. The van der Waals surface area contributed by atoms with Crippen LogP contribution >= 0.6 is 11.3 Å². The monoisotopic (exact) mass is 408 g/mol. The predicted octanol–water partition coefficient (Wildman–Crippen LogP) is 4.79. The topological polar surface area (TPSA) is 69.0 Å². The third-order valence-electron chi connectivity index (χ3n) is 4.07. The van der Waals surface area contributed by atoms with Crippen molar-refractivity contribution in [1.29, 1.82) is 0 Å². The minimum atomic E-state index is -0.411. The van der Waals surface area contributed by atoms with Crippen LogP contribution in [-0.2, 0) is 0 Å². The molecule has 0 spiro atoms. The van der Waals surface area contributed by atoms with Crippen LogP contribution in [0.3, 0.4) is 0 Å². The summed E-state index contributed by atoms with van der Waals surface area (Å²) in [6.45, 7) is 2.21. The number of hydrogen-bond acceptors (Lipinski definition) is 5. The Morgan fingerprint density at radius 3 is 2.79 bits per heavy atom. The van der Waals surface area contributed by atoms with E-state index >= 15 is 0 Å². The van der Waals surface area contributed by atoms with E-state index in [1.165, 1.54) is 22.1 Å². The molecule has 0 saturated carbocycles. The van der Waals surface area contributed by atoms with Crippen LogP contribution < -0.4 is 10.1 Å². The Bertz CT molecular complexity index is 1140. The smallest absolute Gasteiger partial charge is 0.336 e. The molecule has 0 aliphatic carbocycles. The van der Waals surface area contributed by atoms with Gasteiger partial charge in [-0.15, -0.1) is 16.4 Å². The van der Waals surface area contributed by atoms with E-state index in [9.17, 15) is 9.18 Å². The molecule has 146 valence electrons. The number of aromatic nitrogens is 3. The summed E-state index contributed by atoms with van der Waals surface area (Å²) in [5.41, 5.74) is 1.51. The third-order valence-corrected chi connectivity index (χ3v) is 4.94. The molecule has 0 radical (unpaired) electrons. The van der Waals surface area contributed by atoms with E-state index < -0.39 is 5.82 Å². The Morgan fingerprint density at radius 2 is 2.03 bits per heavy atom. The van der Waals surface area contributed by atoms with Crippen molar-refractivity contribution in [3.8, 4) is 23.1 Å². The van der Waals surface area contributed by atoms with E-state index in [1.807, 2.05) is 18.4 Å².